The highest BCUT2D eigenvalue weighted by Crippen LogP contribution is 2.50. The molecule has 5 nitrogen and oxygen atoms in total. The van der Waals surface area contributed by atoms with Crippen LogP contribution in [0.1, 0.15) is 83.5 Å². The van der Waals surface area contributed by atoms with Crippen LogP contribution in [0.2, 0.25) is 0 Å². The molecule has 2 fully saturated rings. The van der Waals surface area contributed by atoms with Gasteiger partial charge in [-0.1, -0.05) is 30.9 Å². The predicted molar refractivity (Wildman–Crippen MR) is 96.6 cm³/mol. The van der Waals surface area contributed by atoms with E-state index < -0.39 is 0 Å². The number of aliphatic hydroxyl groups is 2. The number of unbranched alkanes of at least 4 members (excludes halogenated alkanes) is 4. The minimum Gasteiger partial charge on any atom is -0.396 e. The van der Waals surface area contributed by atoms with Crippen molar-refractivity contribution in [2.45, 2.75) is 89.7 Å². The molecule has 3 N–H and O–H groups in total. The Morgan fingerprint density at radius 3 is 2.12 bits per heavy atom. The van der Waals surface area contributed by atoms with Gasteiger partial charge < -0.3 is 10.2 Å². The first-order valence-corrected chi connectivity index (χ1v) is 9.95. The second-order valence-corrected chi connectivity index (χ2v) is 8.33. The smallest absolute Gasteiger partial charge is 0.104 e. The standard InChI is InChI=1S/C19H36N2O3/c22-16-19(12-13-19)9-4-1-3-7-17(23)20-14-6-2-5-8-18(10-11-18)15-21-24/h17,20,22-23H,1-16H2. The van der Waals surface area contributed by atoms with E-state index in [1.807, 2.05) is 0 Å². The van der Waals surface area contributed by atoms with Crippen molar-refractivity contribution in [2.24, 2.45) is 16.0 Å². The second kappa shape index (κ2) is 9.83. The van der Waals surface area contributed by atoms with Gasteiger partial charge in [-0.05, 0) is 75.2 Å². The van der Waals surface area contributed by atoms with Crippen LogP contribution in [0.25, 0.3) is 0 Å². The van der Waals surface area contributed by atoms with Crippen molar-refractivity contribution in [3.05, 3.63) is 4.91 Å². The van der Waals surface area contributed by atoms with E-state index in [9.17, 15) is 15.1 Å². The zero-order valence-corrected chi connectivity index (χ0v) is 15.1. The van der Waals surface area contributed by atoms with E-state index in [1.165, 1.54) is 38.5 Å². The molecule has 0 aromatic rings. The van der Waals surface area contributed by atoms with E-state index in [2.05, 4.69) is 10.5 Å². The second-order valence-electron chi connectivity index (χ2n) is 8.33. The molecule has 0 heterocycles. The molecule has 2 rings (SSSR count). The van der Waals surface area contributed by atoms with Crippen molar-refractivity contribution in [1.29, 1.82) is 0 Å². The summed E-state index contributed by atoms with van der Waals surface area (Å²) in [5.74, 6) is 0. The summed E-state index contributed by atoms with van der Waals surface area (Å²) < 4.78 is 0. The molecule has 1 atom stereocenters. The molecule has 0 saturated heterocycles. The largest absolute Gasteiger partial charge is 0.396 e. The van der Waals surface area contributed by atoms with Crippen molar-refractivity contribution < 1.29 is 10.2 Å². The number of nitroso groups, excluding NO2 is 1. The van der Waals surface area contributed by atoms with Gasteiger partial charge in [0.1, 0.15) is 6.23 Å². The lowest BCUT2D eigenvalue weighted by Gasteiger charge is -2.14. The summed E-state index contributed by atoms with van der Waals surface area (Å²) in [6, 6.07) is 0. The lowest BCUT2D eigenvalue weighted by Crippen LogP contribution is -2.29. The highest BCUT2D eigenvalue weighted by molar-refractivity contribution is 4.94. The van der Waals surface area contributed by atoms with E-state index in [4.69, 9.17) is 0 Å². The Hall–Kier alpha value is -0.520. The first kappa shape index (κ1) is 19.8. The SMILES string of the molecule is O=NCC1(CCCCCNC(O)CCCCCC2(CO)CC2)CC1. The summed E-state index contributed by atoms with van der Waals surface area (Å²) in [4.78, 5) is 10.4. The molecular weight excluding hydrogens is 304 g/mol. The van der Waals surface area contributed by atoms with Crippen molar-refractivity contribution in [3.8, 4) is 0 Å². The molecule has 0 aliphatic heterocycles. The molecule has 2 saturated carbocycles. The lowest BCUT2D eigenvalue weighted by molar-refractivity contribution is 0.123. The van der Waals surface area contributed by atoms with Crippen LogP contribution in [-0.2, 0) is 0 Å². The maximum atomic E-state index is 10.4. The summed E-state index contributed by atoms with van der Waals surface area (Å²) in [5, 5.41) is 25.5. The predicted octanol–water partition coefficient (Wildman–Crippen LogP) is 3.72. The summed E-state index contributed by atoms with van der Waals surface area (Å²) in [6.07, 6.45) is 14.2. The number of hydrogen-bond donors (Lipinski definition) is 3. The average molecular weight is 341 g/mol. The Kier molecular flexibility index (Phi) is 8.11. The Balaban J connectivity index is 1.35. The molecule has 2 aliphatic carbocycles. The highest BCUT2D eigenvalue weighted by Gasteiger charge is 2.42. The summed E-state index contributed by atoms with van der Waals surface area (Å²) in [5.41, 5.74) is 0.543. The number of rotatable bonds is 16. The fraction of sp³-hybridized carbons (Fsp3) is 1.00. The van der Waals surface area contributed by atoms with Gasteiger partial charge in [0.2, 0.25) is 0 Å². The van der Waals surface area contributed by atoms with Gasteiger partial charge >= 0.3 is 0 Å². The average Bonchev–Trinajstić information content (AvgIpc) is 3.48. The quantitative estimate of drug-likeness (QED) is 0.227. The molecule has 0 spiro atoms. The summed E-state index contributed by atoms with van der Waals surface area (Å²) in [6.45, 7) is 1.72. The Morgan fingerprint density at radius 2 is 1.54 bits per heavy atom. The van der Waals surface area contributed by atoms with E-state index in [1.54, 1.807) is 0 Å². The lowest BCUT2D eigenvalue weighted by atomic mass is 9.98. The topological polar surface area (TPSA) is 81.9 Å². The first-order chi connectivity index (χ1) is 11.6. The van der Waals surface area contributed by atoms with Crippen molar-refractivity contribution >= 4 is 0 Å². The van der Waals surface area contributed by atoms with Gasteiger partial charge in [0, 0.05) is 6.61 Å². The van der Waals surface area contributed by atoms with Crippen LogP contribution in [0.15, 0.2) is 5.18 Å². The molecule has 0 bridgehead atoms. The molecule has 0 amide bonds. The molecule has 0 radical (unpaired) electrons. The number of aliphatic hydroxyl groups excluding tert-OH is 2. The molecule has 5 heteroatoms. The fourth-order valence-corrected chi connectivity index (χ4v) is 3.65. The summed E-state index contributed by atoms with van der Waals surface area (Å²) >= 11 is 0. The van der Waals surface area contributed by atoms with Crippen LogP contribution in [0, 0.1) is 15.7 Å². The zero-order chi connectivity index (χ0) is 17.3. The highest BCUT2D eigenvalue weighted by atomic mass is 16.3. The third-order valence-corrected chi connectivity index (χ3v) is 6.10. The molecule has 0 aromatic carbocycles. The van der Waals surface area contributed by atoms with Gasteiger partial charge in [0.15, 0.2) is 0 Å². The Morgan fingerprint density at radius 1 is 0.917 bits per heavy atom. The van der Waals surface area contributed by atoms with Gasteiger partial charge in [-0.2, -0.15) is 4.91 Å². The van der Waals surface area contributed by atoms with Crippen molar-refractivity contribution in [2.75, 3.05) is 19.7 Å². The molecule has 1 unspecified atom stereocenters. The fourth-order valence-electron chi connectivity index (χ4n) is 3.65. The monoisotopic (exact) mass is 340 g/mol. The van der Waals surface area contributed by atoms with E-state index in [0.29, 0.717) is 13.2 Å². The third-order valence-electron chi connectivity index (χ3n) is 6.10. The Labute approximate surface area is 146 Å². The van der Waals surface area contributed by atoms with Crippen molar-refractivity contribution in [1.82, 2.24) is 5.32 Å². The minimum atomic E-state index is -0.383. The number of hydrogen-bond acceptors (Lipinski definition) is 5. The molecule has 24 heavy (non-hydrogen) atoms. The normalized spacial score (nSPS) is 21.4. The third kappa shape index (κ3) is 7.16. The number of nitrogens with one attached hydrogen (secondary N) is 1. The zero-order valence-electron chi connectivity index (χ0n) is 15.1. The van der Waals surface area contributed by atoms with Gasteiger partial charge in [-0.25, -0.2) is 0 Å². The van der Waals surface area contributed by atoms with E-state index in [0.717, 1.165) is 51.5 Å². The molecule has 2 aliphatic rings. The van der Waals surface area contributed by atoms with Crippen LogP contribution in [-0.4, -0.2) is 36.1 Å². The molecule has 0 aromatic heterocycles. The van der Waals surface area contributed by atoms with Gasteiger partial charge in [0.25, 0.3) is 0 Å². The van der Waals surface area contributed by atoms with Crippen LogP contribution in [0.3, 0.4) is 0 Å². The molecule has 140 valence electrons. The maximum Gasteiger partial charge on any atom is 0.104 e. The van der Waals surface area contributed by atoms with Gasteiger partial charge in [-0.3, -0.25) is 5.32 Å². The first-order valence-electron chi connectivity index (χ1n) is 9.95. The Bertz CT molecular complexity index is 368. The van der Waals surface area contributed by atoms with Crippen LogP contribution < -0.4 is 5.32 Å². The van der Waals surface area contributed by atoms with Crippen molar-refractivity contribution in [3.63, 3.8) is 0 Å². The van der Waals surface area contributed by atoms with Crippen LogP contribution >= 0.6 is 0 Å². The van der Waals surface area contributed by atoms with Crippen LogP contribution in [0.5, 0.6) is 0 Å². The summed E-state index contributed by atoms with van der Waals surface area (Å²) in [7, 11) is 0. The molecular formula is C19H36N2O3. The van der Waals surface area contributed by atoms with E-state index in [-0.39, 0.29) is 17.1 Å². The van der Waals surface area contributed by atoms with Gasteiger partial charge in [-0.15, -0.1) is 0 Å². The van der Waals surface area contributed by atoms with E-state index >= 15 is 0 Å². The van der Waals surface area contributed by atoms with Gasteiger partial charge in [0.05, 0.1) is 6.54 Å². The maximum absolute atomic E-state index is 10.4. The van der Waals surface area contributed by atoms with Crippen LogP contribution in [0.4, 0.5) is 0 Å². The number of nitrogens with zero attached hydrogens (tertiary/aromatic N) is 1. The minimum absolute atomic E-state index is 0.268.